The highest BCUT2D eigenvalue weighted by Crippen LogP contribution is 2.43. The van der Waals surface area contributed by atoms with Crippen molar-refractivity contribution in [3.8, 4) is 50.3 Å². The number of pyridine rings is 1. The molecule has 0 aliphatic carbocycles. The van der Waals surface area contributed by atoms with Crippen molar-refractivity contribution in [2.75, 3.05) is 4.90 Å². The zero-order chi connectivity index (χ0) is 39.8. The average Bonchev–Trinajstić information content (AvgIpc) is 3.65. The second kappa shape index (κ2) is 15.1. The minimum Gasteiger partial charge on any atom is -0.310 e. The van der Waals surface area contributed by atoms with Gasteiger partial charge in [0.05, 0.1) is 22.2 Å². The first-order valence-corrected chi connectivity index (χ1v) is 20.5. The molecule has 60 heavy (non-hydrogen) atoms. The van der Waals surface area contributed by atoms with Crippen LogP contribution >= 0.6 is 0 Å². The van der Waals surface area contributed by atoms with Crippen LogP contribution in [0.15, 0.2) is 237 Å². The SMILES string of the molecule is c1ccc(-c2ccc(N(c3cccc(-c4ccccc4)c3)c3ccc4c(c3)c3ccc(-c5nc6ccccc6cc5-c5ccccc5)cc3n4-c3ccccc3)cc2)cc1. The number of fused-ring (bicyclic) bond motifs is 4. The Morgan fingerprint density at radius 1 is 0.333 bits per heavy atom. The highest BCUT2D eigenvalue weighted by atomic mass is 15.1. The van der Waals surface area contributed by atoms with E-state index < -0.39 is 0 Å². The summed E-state index contributed by atoms with van der Waals surface area (Å²) < 4.78 is 2.40. The molecule has 0 saturated heterocycles. The smallest absolute Gasteiger partial charge is 0.0788 e. The molecule has 0 N–H and O–H groups in total. The van der Waals surface area contributed by atoms with E-state index in [0.29, 0.717) is 0 Å². The maximum Gasteiger partial charge on any atom is 0.0788 e. The predicted molar refractivity (Wildman–Crippen MR) is 253 cm³/mol. The molecular weight excluding hydrogens is 727 g/mol. The van der Waals surface area contributed by atoms with Gasteiger partial charge in [0, 0.05) is 50.0 Å². The quantitative estimate of drug-likeness (QED) is 0.154. The summed E-state index contributed by atoms with van der Waals surface area (Å²) in [6, 6.07) is 84.7. The summed E-state index contributed by atoms with van der Waals surface area (Å²) in [5.74, 6) is 0. The molecule has 0 saturated carbocycles. The molecule has 3 heteroatoms. The Labute approximate surface area is 349 Å². The Morgan fingerprint density at radius 3 is 1.63 bits per heavy atom. The summed E-state index contributed by atoms with van der Waals surface area (Å²) in [6.07, 6.45) is 0. The Kier molecular flexibility index (Phi) is 8.83. The molecule has 9 aromatic carbocycles. The number of benzene rings is 9. The minimum atomic E-state index is 0.968. The van der Waals surface area contributed by atoms with Crippen molar-refractivity contribution < 1.29 is 0 Å². The Bertz CT molecular complexity index is 3280. The van der Waals surface area contributed by atoms with Crippen LogP contribution in [0.25, 0.3) is 83.0 Å². The summed E-state index contributed by atoms with van der Waals surface area (Å²) in [5.41, 5.74) is 16.7. The lowest BCUT2D eigenvalue weighted by molar-refractivity contribution is 1.18. The molecule has 3 nitrogen and oxygen atoms in total. The van der Waals surface area contributed by atoms with Gasteiger partial charge in [-0.05, 0) is 101 Å². The first kappa shape index (κ1) is 35.2. The molecule has 0 amide bonds. The van der Waals surface area contributed by atoms with E-state index in [1.165, 1.54) is 33.0 Å². The van der Waals surface area contributed by atoms with Gasteiger partial charge in [0.25, 0.3) is 0 Å². The lowest BCUT2D eigenvalue weighted by atomic mass is 9.96. The zero-order valence-corrected chi connectivity index (χ0v) is 32.9. The molecule has 0 radical (unpaired) electrons. The number of nitrogens with zero attached hydrogens (tertiary/aromatic N) is 3. The Morgan fingerprint density at radius 2 is 0.900 bits per heavy atom. The fourth-order valence-corrected chi connectivity index (χ4v) is 8.66. The van der Waals surface area contributed by atoms with Gasteiger partial charge in [0.2, 0.25) is 0 Å². The summed E-state index contributed by atoms with van der Waals surface area (Å²) in [6.45, 7) is 0. The monoisotopic (exact) mass is 765 g/mol. The van der Waals surface area contributed by atoms with E-state index in [-0.39, 0.29) is 0 Å². The number of para-hydroxylation sites is 2. The highest BCUT2D eigenvalue weighted by molar-refractivity contribution is 6.12. The molecule has 0 bridgehead atoms. The zero-order valence-electron chi connectivity index (χ0n) is 32.9. The molecule has 2 aromatic heterocycles. The molecule has 11 aromatic rings. The van der Waals surface area contributed by atoms with Crippen LogP contribution in [0, 0.1) is 0 Å². The standard InChI is InChI=1S/C57H39N3/c1-5-16-40(17-6-1)42-28-31-48(32-29-42)59(49-26-15-23-44(36-49)41-18-7-2-8-19-41)50-33-35-55-53(39-50)51-34-30-46(38-56(51)60(55)47-24-11-4-12-25-47)57-52(43-20-9-3-10-21-43)37-45-22-13-14-27-54(45)58-57/h1-39H. The Hall–Kier alpha value is -8.01. The van der Waals surface area contributed by atoms with Crippen LogP contribution in [0.1, 0.15) is 0 Å². The fourth-order valence-electron chi connectivity index (χ4n) is 8.66. The van der Waals surface area contributed by atoms with Crippen LogP contribution in [0.5, 0.6) is 0 Å². The van der Waals surface area contributed by atoms with Gasteiger partial charge in [-0.15, -0.1) is 0 Å². The third-order valence-corrected chi connectivity index (χ3v) is 11.5. The lowest BCUT2D eigenvalue weighted by Gasteiger charge is -2.26. The predicted octanol–water partition coefficient (Wildman–Crippen LogP) is 15.5. The van der Waals surface area contributed by atoms with E-state index in [2.05, 4.69) is 246 Å². The van der Waals surface area contributed by atoms with Crippen LogP contribution in [-0.2, 0) is 0 Å². The van der Waals surface area contributed by atoms with Crippen molar-refractivity contribution in [2.24, 2.45) is 0 Å². The van der Waals surface area contributed by atoms with E-state index in [0.717, 1.165) is 67.1 Å². The number of hydrogen-bond acceptors (Lipinski definition) is 2. The molecule has 11 rings (SSSR count). The van der Waals surface area contributed by atoms with Gasteiger partial charge in [0.1, 0.15) is 0 Å². The highest BCUT2D eigenvalue weighted by Gasteiger charge is 2.20. The van der Waals surface area contributed by atoms with Crippen LogP contribution < -0.4 is 4.90 Å². The second-order valence-corrected chi connectivity index (χ2v) is 15.2. The molecule has 2 heterocycles. The van der Waals surface area contributed by atoms with Gasteiger partial charge < -0.3 is 9.47 Å². The van der Waals surface area contributed by atoms with Crippen molar-refractivity contribution in [2.45, 2.75) is 0 Å². The number of hydrogen-bond donors (Lipinski definition) is 0. The number of anilines is 3. The summed E-state index contributed by atoms with van der Waals surface area (Å²) in [4.78, 5) is 7.71. The van der Waals surface area contributed by atoms with Gasteiger partial charge in [-0.25, -0.2) is 4.98 Å². The maximum atomic E-state index is 5.33. The molecule has 0 aliphatic heterocycles. The van der Waals surface area contributed by atoms with Crippen molar-refractivity contribution in [1.82, 2.24) is 9.55 Å². The summed E-state index contributed by atoms with van der Waals surface area (Å²) >= 11 is 0. The van der Waals surface area contributed by atoms with Crippen molar-refractivity contribution in [3.63, 3.8) is 0 Å². The first-order chi connectivity index (χ1) is 29.7. The Balaban J connectivity index is 1.12. The van der Waals surface area contributed by atoms with Gasteiger partial charge in [-0.2, -0.15) is 0 Å². The van der Waals surface area contributed by atoms with Crippen LogP contribution in [0.3, 0.4) is 0 Å². The second-order valence-electron chi connectivity index (χ2n) is 15.2. The van der Waals surface area contributed by atoms with Crippen molar-refractivity contribution >= 4 is 49.8 Å². The number of aromatic nitrogens is 2. The van der Waals surface area contributed by atoms with E-state index in [4.69, 9.17) is 4.98 Å². The molecule has 282 valence electrons. The van der Waals surface area contributed by atoms with E-state index in [1.807, 2.05) is 0 Å². The summed E-state index contributed by atoms with van der Waals surface area (Å²) in [5, 5.41) is 3.48. The summed E-state index contributed by atoms with van der Waals surface area (Å²) in [7, 11) is 0. The molecule has 0 atom stereocenters. The van der Waals surface area contributed by atoms with Gasteiger partial charge in [0.15, 0.2) is 0 Å². The molecule has 0 fully saturated rings. The lowest BCUT2D eigenvalue weighted by Crippen LogP contribution is -2.10. The van der Waals surface area contributed by atoms with E-state index >= 15 is 0 Å². The van der Waals surface area contributed by atoms with E-state index in [1.54, 1.807) is 0 Å². The molecule has 0 unspecified atom stereocenters. The normalized spacial score (nSPS) is 11.3. The number of rotatable bonds is 8. The molecular formula is C57H39N3. The fraction of sp³-hybridized carbons (Fsp3) is 0. The van der Waals surface area contributed by atoms with Gasteiger partial charge in [-0.3, -0.25) is 0 Å². The van der Waals surface area contributed by atoms with E-state index in [9.17, 15) is 0 Å². The first-order valence-electron chi connectivity index (χ1n) is 20.5. The van der Waals surface area contributed by atoms with Crippen molar-refractivity contribution in [3.05, 3.63) is 237 Å². The van der Waals surface area contributed by atoms with Crippen LogP contribution in [0.2, 0.25) is 0 Å². The average molecular weight is 766 g/mol. The maximum absolute atomic E-state index is 5.33. The van der Waals surface area contributed by atoms with Gasteiger partial charge in [-0.1, -0.05) is 164 Å². The molecule has 0 spiro atoms. The van der Waals surface area contributed by atoms with Crippen LogP contribution in [-0.4, -0.2) is 9.55 Å². The minimum absolute atomic E-state index is 0.968. The molecule has 0 aliphatic rings. The topological polar surface area (TPSA) is 21.1 Å². The largest absolute Gasteiger partial charge is 0.310 e. The third kappa shape index (κ3) is 6.39. The van der Waals surface area contributed by atoms with Crippen molar-refractivity contribution in [1.29, 1.82) is 0 Å². The van der Waals surface area contributed by atoms with Gasteiger partial charge >= 0.3 is 0 Å². The third-order valence-electron chi connectivity index (χ3n) is 11.5. The van der Waals surface area contributed by atoms with Crippen LogP contribution in [0.4, 0.5) is 17.1 Å².